The van der Waals surface area contributed by atoms with E-state index in [1.165, 1.54) is 0 Å². The molecule has 3 atom stereocenters. The number of nitrogens with one attached hydrogen (secondary N) is 3. The van der Waals surface area contributed by atoms with Gasteiger partial charge in [-0.3, -0.25) is 4.79 Å². The minimum absolute atomic E-state index is 0.0446. The average molecular weight is 392 g/mol. The summed E-state index contributed by atoms with van der Waals surface area (Å²) in [5.41, 5.74) is 0. The summed E-state index contributed by atoms with van der Waals surface area (Å²) in [6.45, 7) is 0.678. The number of carbonyl (C=O) groups is 3. The van der Waals surface area contributed by atoms with Gasteiger partial charge in [-0.15, -0.1) is 0 Å². The van der Waals surface area contributed by atoms with Gasteiger partial charge in [0.05, 0.1) is 12.1 Å². The molecule has 3 amide bonds. The largest absolute Gasteiger partial charge is 0.355 e. The van der Waals surface area contributed by atoms with Crippen LogP contribution in [0.15, 0.2) is 0 Å². The first-order valence-corrected chi connectivity index (χ1v) is 11.9. The normalized spacial score (nSPS) is 25.0. The minimum atomic E-state index is -0.0446. The second-order valence-corrected chi connectivity index (χ2v) is 9.79. The van der Waals surface area contributed by atoms with Gasteiger partial charge in [-0.05, 0) is 12.8 Å². The lowest BCUT2D eigenvalue weighted by molar-refractivity contribution is -0.121. The third-order valence-corrected chi connectivity index (χ3v) is 7.94. The Hall–Kier alpha value is -0.540. The molecule has 0 radical (unpaired) electrons. The van der Waals surface area contributed by atoms with E-state index in [4.69, 9.17) is 0 Å². The van der Waals surface area contributed by atoms with Gasteiger partial charge in [-0.2, -0.15) is 11.8 Å². The molecular weight excluding hydrogens is 366 g/mol. The first-order valence-electron chi connectivity index (χ1n) is 8.34. The topological polar surface area (TPSA) is 87.3 Å². The molecule has 2 aliphatic heterocycles. The van der Waals surface area contributed by atoms with Gasteiger partial charge in [0, 0.05) is 41.9 Å². The van der Waals surface area contributed by atoms with E-state index in [1.807, 2.05) is 11.8 Å². The predicted molar refractivity (Wildman–Crippen MR) is 103 cm³/mol. The van der Waals surface area contributed by atoms with Crippen LogP contribution >= 0.6 is 33.3 Å². The van der Waals surface area contributed by atoms with Crippen molar-refractivity contribution >= 4 is 51.6 Å². The maximum Gasteiger partial charge on any atom is 0.315 e. The number of amides is 3. The molecule has 2 rings (SSSR count). The summed E-state index contributed by atoms with van der Waals surface area (Å²) in [7, 11) is 3.36. The first-order chi connectivity index (χ1) is 11.7. The fraction of sp³-hybridized carbons (Fsp3) is 0.800. The average Bonchev–Trinajstić information content (AvgIpc) is 3.10. The van der Waals surface area contributed by atoms with Gasteiger partial charge >= 0.3 is 6.03 Å². The fourth-order valence-corrected chi connectivity index (χ4v) is 6.21. The number of thioether (sulfide) groups is 1. The van der Waals surface area contributed by atoms with Crippen LogP contribution in [0, 0.1) is 0 Å². The maximum atomic E-state index is 11.8. The van der Waals surface area contributed by atoms with Crippen LogP contribution in [0.25, 0.3) is 0 Å². The molecule has 0 bridgehead atoms. The van der Waals surface area contributed by atoms with Crippen molar-refractivity contribution in [2.75, 3.05) is 23.8 Å². The Morgan fingerprint density at radius 3 is 2.96 bits per heavy atom. The molecule has 0 aliphatic carbocycles. The number of hydrogen-bond donors (Lipinski definition) is 3. The molecule has 24 heavy (non-hydrogen) atoms. The van der Waals surface area contributed by atoms with Crippen molar-refractivity contribution in [1.82, 2.24) is 16.0 Å². The number of unbranched alkanes of at least 4 members (excludes halogenated alkanes) is 1. The predicted octanol–water partition coefficient (Wildman–Crippen LogP) is 1.80. The van der Waals surface area contributed by atoms with E-state index < -0.39 is 0 Å². The molecule has 2 fully saturated rings. The van der Waals surface area contributed by atoms with Gasteiger partial charge in [0.2, 0.25) is 5.91 Å². The lowest BCUT2D eigenvalue weighted by atomic mass is 10.0. The SMILES string of the molecule is O=CCCSSCCNC(=O)CCCCC1SCC2NC(=O)NC21. The van der Waals surface area contributed by atoms with Crippen LogP contribution in [0.4, 0.5) is 4.79 Å². The molecule has 3 N–H and O–H groups in total. The number of fused-ring (bicyclic) bond motifs is 1. The highest BCUT2D eigenvalue weighted by molar-refractivity contribution is 8.76. The summed E-state index contributed by atoms with van der Waals surface area (Å²) in [5, 5.41) is 9.34. The molecule has 0 aromatic rings. The Bertz CT molecular complexity index is 439. The summed E-state index contributed by atoms with van der Waals surface area (Å²) in [6.07, 6.45) is 5.04. The van der Waals surface area contributed by atoms with Crippen LogP contribution < -0.4 is 16.0 Å². The third kappa shape index (κ3) is 6.76. The van der Waals surface area contributed by atoms with Crippen molar-refractivity contribution in [1.29, 1.82) is 0 Å². The third-order valence-electron chi connectivity index (χ3n) is 3.99. The molecule has 2 saturated heterocycles. The Labute approximate surface area is 155 Å². The number of carbonyl (C=O) groups excluding carboxylic acids is 3. The second kappa shape index (κ2) is 11.1. The molecule has 3 unspecified atom stereocenters. The van der Waals surface area contributed by atoms with E-state index in [1.54, 1.807) is 21.6 Å². The van der Waals surface area contributed by atoms with E-state index in [-0.39, 0.29) is 24.0 Å². The zero-order chi connectivity index (χ0) is 17.2. The van der Waals surface area contributed by atoms with E-state index >= 15 is 0 Å². The summed E-state index contributed by atoms with van der Waals surface area (Å²) in [5.74, 6) is 2.79. The van der Waals surface area contributed by atoms with Crippen molar-refractivity contribution < 1.29 is 14.4 Å². The number of hydrogen-bond acceptors (Lipinski definition) is 6. The van der Waals surface area contributed by atoms with Crippen molar-refractivity contribution in [2.24, 2.45) is 0 Å². The Kier molecular flexibility index (Phi) is 9.19. The van der Waals surface area contributed by atoms with Gasteiger partial charge in [0.1, 0.15) is 6.29 Å². The molecule has 6 nitrogen and oxygen atoms in total. The lowest BCUT2D eigenvalue weighted by Crippen LogP contribution is -2.36. The summed E-state index contributed by atoms with van der Waals surface area (Å²) in [4.78, 5) is 33.2. The quantitative estimate of drug-likeness (QED) is 0.204. The van der Waals surface area contributed by atoms with Crippen molar-refractivity contribution in [3.8, 4) is 0 Å². The Morgan fingerprint density at radius 1 is 1.29 bits per heavy atom. The van der Waals surface area contributed by atoms with Crippen LogP contribution in [0.1, 0.15) is 32.1 Å². The van der Waals surface area contributed by atoms with Crippen LogP contribution in [-0.4, -0.2) is 59.4 Å². The Balaban J connectivity index is 1.44. The van der Waals surface area contributed by atoms with Gasteiger partial charge in [-0.1, -0.05) is 28.0 Å². The molecule has 2 heterocycles. The highest BCUT2D eigenvalue weighted by Crippen LogP contribution is 2.33. The molecular formula is C15H25N3O3S3. The monoisotopic (exact) mass is 391 g/mol. The van der Waals surface area contributed by atoms with Gasteiger partial charge < -0.3 is 20.7 Å². The summed E-state index contributed by atoms with van der Waals surface area (Å²) in [6, 6.07) is 0.486. The highest BCUT2D eigenvalue weighted by Gasteiger charge is 2.42. The number of urea groups is 1. The molecule has 0 spiro atoms. The van der Waals surface area contributed by atoms with E-state index in [2.05, 4.69) is 16.0 Å². The van der Waals surface area contributed by atoms with Crippen LogP contribution in [0.3, 0.4) is 0 Å². The fourth-order valence-electron chi connectivity index (χ4n) is 2.81. The summed E-state index contributed by atoms with van der Waals surface area (Å²) < 4.78 is 0. The minimum Gasteiger partial charge on any atom is -0.355 e. The van der Waals surface area contributed by atoms with E-state index in [0.717, 1.165) is 42.8 Å². The van der Waals surface area contributed by atoms with Crippen LogP contribution in [0.2, 0.25) is 0 Å². The number of aldehydes is 1. The van der Waals surface area contributed by atoms with Crippen molar-refractivity contribution in [3.63, 3.8) is 0 Å². The molecule has 0 aromatic heterocycles. The van der Waals surface area contributed by atoms with E-state index in [9.17, 15) is 14.4 Å². The molecule has 2 aliphatic rings. The molecule has 9 heteroatoms. The smallest absolute Gasteiger partial charge is 0.315 e. The molecule has 0 saturated carbocycles. The van der Waals surface area contributed by atoms with E-state index in [0.29, 0.717) is 24.6 Å². The zero-order valence-electron chi connectivity index (χ0n) is 13.6. The van der Waals surface area contributed by atoms with Gasteiger partial charge in [0.15, 0.2) is 0 Å². The molecule has 0 aromatic carbocycles. The second-order valence-electron chi connectivity index (χ2n) is 5.82. The summed E-state index contributed by atoms with van der Waals surface area (Å²) >= 11 is 1.92. The number of rotatable bonds is 12. The van der Waals surface area contributed by atoms with Gasteiger partial charge in [0.25, 0.3) is 0 Å². The molecule has 136 valence electrons. The zero-order valence-corrected chi connectivity index (χ0v) is 16.1. The standard InChI is InChI=1S/C15H25N3O3S3/c19-7-3-8-23-24-9-6-16-13(20)5-2-1-4-12-14-11(10-22-12)17-15(21)18-14/h7,11-12,14H,1-6,8-10H2,(H,16,20)(H2,17,18,21). The lowest BCUT2D eigenvalue weighted by Gasteiger charge is -2.16. The van der Waals surface area contributed by atoms with Crippen molar-refractivity contribution in [2.45, 2.75) is 49.4 Å². The highest BCUT2D eigenvalue weighted by atomic mass is 33.1. The van der Waals surface area contributed by atoms with Crippen LogP contribution in [-0.2, 0) is 9.59 Å². The van der Waals surface area contributed by atoms with Gasteiger partial charge in [-0.25, -0.2) is 4.79 Å². The first kappa shape index (κ1) is 19.8. The maximum absolute atomic E-state index is 11.8. The van der Waals surface area contributed by atoms with Crippen molar-refractivity contribution in [3.05, 3.63) is 0 Å². The van der Waals surface area contributed by atoms with Crippen LogP contribution in [0.5, 0.6) is 0 Å². The Morgan fingerprint density at radius 2 is 2.12 bits per heavy atom.